The van der Waals surface area contributed by atoms with Gasteiger partial charge in [0.1, 0.15) is 11.6 Å². The van der Waals surface area contributed by atoms with Crippen molar-refractivity contribution in [3.05, 3.63) is 70.8 Å². The molecule has 0 aliphatic heterocycles. The van der Waals surface area contributed by atoms with E-state index in [9.17, 15) is 17.6 Å². The van der Waals surface area contributed by atoms with E-state index in [1.807, 2.05) is 0 Å². The number of halogens is 4. The number of hydrogen-bond acceptors (Lipinski definition) is 1. The fourth-order valence-electron chi connectivity index (χ4n) is 1.80. The third kappa shape index (κ3) is 3.81. The summed E-state index contributed by atoms with van der Waals surface area (Å²) in [6.07, 6.45) is -2.49. The van der Waals surface area contributed by atoms with Crippen LogP contribution in [0, 0.1) is 11.6 Å². The lowest BCUT2D eigenvalue weighted by Gasteiger charge is -2.07. The molecule has 1 N–H and O–H groups in total. The van der Waals surface area contributed by atoms with Crippen LogP contribution in [0.4, 0.5) is 17.6 Å². The van der Waals surface area contributed by atoms with Crippen LogP contribution in [0.5, 0.6) is 0 Å². The summed E-state index contributed by atoms with van der Waals surface area (Å²) >= 11 is 0. The van der Waals surface area contributed by atoms with Crippen LogP contribution in [0.1, 0.15) is 23.1 Å². The maximum atomic E-state index is 13.3. The van der Waals surface area contributed by atoms with E-state index in [-0.39, 0.29) is 17.7 Å². The highest BCUT2D eigenvalue weighted by molar-refractivity contribution is 5.23. The average molecular weight is 283 g/mol. The molecule has 0 bridgehead atoms. The molecule has 0 amide bonds. The van der Waals surface area contributed by atoms with Crippen molar-refractivity contribution >= 4 is 0 Å². The maximum Gasteiger partial charge on any atom is 0.263 e. The second kappa shape index (κ2) is 6.52. The van der Waals surface area contributed by atoms with Crippen LogP contribution >= 0.6 is 0 Å². The molecule has 0 aliphatic rings. The van der Waals surface area contributed by atoms with Crippen LogP contribution < -0.4 is 5.32 Å². The standard InChI is InChI=1S/C15H13F4N/c16-13-5-6-14(17)12(7-13)9-20-8-10-1-3-11(4-2-10)15(18)19/h1-7,15,20H,8-9H2. The van der Waals surface area contributed by atoms with Gasteiger partial charge in [-0.3, -0.25) is 0 Å². The Morgan fingerprint density at radius 1 is 0.900 bits per heavy atom. The molecule has 0 radical (unpaired) electrons. The number of rotatable bonds is 5. The van der Waals surface area contributed by atoms with Gasteiger partial charge >= 0.3 is 0 Å². The topological polar surface area (TPSA) is 12.0 Å². The van der Waals surface area contributed by atoms with Crippen molar-refractivity contribution in [2.24, 2.45) is 0 Å². The first-order valence-corrected chi connectivity index (χ1v) is 6.08. The molecule has 0 saturated carbocycles. The second-order valence-electron chi connectivity index (χ2n) is 4.38. The Bertz CT molecular complexity index is 567. The molecule has 2 rings (SSSR count). The number of hydrogen-bond donors (Lipinski definition) is 1. The molecular formula is C15H13F4N. The summed E-state index contributed by atoms with van der Waals surface area (Å²) in [5.74, 6) is -0.976. The molecule has 0 spiro atoms. The van der Waals surface area contributed by atoms with Crippen molar-refractivity contribution in [2.45, 2.75) is 19.5 Å². The minimum atomic E-state index is -2.49. The smallest absolute Gasteiger partial charge is 0.263 e. The van der Waals surface area contributed by atoms with E-state index in [2.05, 4.69) is 5.32 Å². The third-order valence-corrected chi connectivity index (χ3v) is 2.88. The lowest BCUT2D eigenvalue weighted by molar-refractivity contribution is 0.151. The Labute approximate surface area is 114 Å². The van der Waals surface area contributed by atoms with E-state index < -0.39 is 18.1 Å². The van der Waals surface area contributed by atoms with Crippen LogP contribution in [-0.2, 0) is 13.1 Å². The Morgan fingerprint density at radius 3 is 2.25 bits per heavy atom. The van der Waals surface area contributed by atoms with Gasteiger partial charge in [-0.1, -0.05) is 24.3 Å². The van der Waals surface area contributed by atoms with Gasteiger partial charge in [0, 0.05) is 24.2 Å². The van der Waals surface area contributed by atoms with Crippen LogP contribution in [0.25, 0.3) is 0 Å². The van der Waals surface area contributed by atoms with E-state index >= 15 is 0 Å². The molecule has 0 unspecified atom stereocenters. The fourth-order valence-corrected chi connectivity index (χ4v) is 1.80. The molecule has 106 valence electrons. The Balaban J connectivity index is 1.91. The molecule has 0 saturated heterocycles. The summed E-state index contributed by atoms with van der Waals surface area (Å²) in [6.45, 7) is 0.555. The zero-order valence-electron chi connectivity index (χ0n) is 10.5. The van der Waals surface area contributed by atoms with E-state index in [0.717, 1.165) is 23.8 Å². The lowest BCUT2D eigenvalue weighted by atomic mass is 10.1. The van der Waals surface area contributed by atoms with Crippen LogP contribution in [0.3, 0.4) is 0 Å². The largest absolute Gasteiger partial charge is 0.309 e. The molecule has 0 aromatic heterocycles. The van der Waals surface area contributed by atoms with Crippen LogP contribution in [-0.4, -0.2) is 0 Å². The number of benzene rings is 2. The quantitative estimate of drug-likeness (QED) is 0.811. The monoisotopic (exact) mass is 283 g/mol. The van der Waals surface area contributed by atoms with Gasteiger partial charge in [-0.15, -0.1) is 0 Å². The normalized spacial score (nSPS) is 11.1. The highest BCUT2D eigenvalue weighted by atomic mass is 19.3. The molecule has 2 aromatic carbocycles. The van der Waals surface area contributed by atoms with Crippen molar-refractivity contribution in [3.8, 4) is 0 Å². The summed E-state index contributed by atoms with van der Waals surface area (Å²) in [6, 6.07) is 9.12. The van der Waals surface area contributed by atoms with Gasteiger partial charge in [0.15, 0.2) is 0 Å². The second-order valence-corrected chi connectivity index (χ2v) is 4.38. The van der Waals surface area contributed by atoms with E-state index in [0.29, 0.717) is 6.54 Å². The molecule has 0 heterocycles. The number of nitrogens with one attached hydrogen (secondary N) is 1. The van der Waals surface area contributed by atoms with Gasteiger partial charge in [0.25, 0.3) is 6.43 Å². The predicted molar refractivity (Wildman–Crippen MR) is 68.3 cm³/mol. The lowest BCUT2D eigenvalue weighted by Crippen LogP contribution is -2.14. The van der Waals surface area contributed by atoms with Crippen molar-refractivity contribution in [3.63, 3.8) is 0 Å². The first kappa shape index (κ1) is 14.5. The first-order valence-electron chi connectivity index (χ1n) is 6.08. The molecule has 5 heteroatoms. The van der Waals surface area contributed by atoms with Crippen molar-refractivity contribution in [1.82, 2.24) is 5.32 Å². The van der Waals surface area contributed by atoms with Crippen molar-refractivity contribution in [1.29, 1.82) is 0 Å². The Kier molecular flexibility index (Phi) is 4.74. The molecular weight excluding hydrogens is 270 g/mol. The third-order valence-electron chi connectivity index (χ3n) is 2.88. The van der Waals surface area contributed by atoms with E-state index in [1.54, 1.807) is 12.1 Å². The Hall–Kier alpha value is -1.88. The molecule has 0 fully saturated rings. The highest BCUT2D eigenvalue weighted by Crippen LogP contribution is 2.18. The SMILES string of the molecule is Fc1ccc(F)c(CNCc2ccc(C(F)F)cc2)c1. The highest BCUT2D eigenvalue weighted by Gasteiger charge is 2.06. The zero-order valence-corrected chi connectivity index (χ0v) is 10.5. The van der Waals surface area contributed by atoms with Gasteiger partial charge in [0.05, 0.1) is 0 Å². The minimum absolute atomic E-state index is 0.0371. The summed E-state index contributed by atoms with van der Waals surface area (Å²) in [5, 5.41) is 2.94. The molecule has 2 aromatic rings. The van der Waals surface area contributed by atoms with Gasteiger partial charge in [-0.25, -0.2) is 17.6 Å². The summed E-state index contributed by atoms with van der Waals surface area (Å²) in [5.41, 5.74) is 0.991. The van der Waals surface area contributed by atoms with Crippen molar-refractivity contribution < 1.29 is 17.6 Å². The minimum Gasteiger partial charge on any atom is -0.309 e. The Morgan fingerprint density at radius 2 is 1.60 bits per heavy atom. The summed E-state index contributed by atoms with van der Waals surface area (Å²) in [7, 11) is 0. The molecule has 0 atom stereocenters. The van der Waals surface area contributed by atoms with Gasteiger partial charge < -0.3 is 5.32 Å². The van der Waals surface area contributed by atoms with Gasteiger partial charge in [-0.05, 0) is 23.8 Å². The average Bonchev–Trinajstić information content (AvgIpc) is 2.43. The predicted octanol–water partition coefficient (Wildman–Crippen LogP) is 4.19. The number of alkyl halides is 2. The van der Waals surface area contributed by atoms with E-state index in [4.69, 9.17) is 0 Å². The summed E-state index contributed by atoms with van der Waals surface area (Å²) in [4.78, 5) is 0. The van der Waals surface area contributed by atoms with E-state index in [1.165, 1.54) is 12.1 Å². The molecule has 1 nitrogen and oxygen atoms in total. The van der Waals surface area contributed by atoms with Crippen molar-refractivity contribution in [2.75, 3.05) is 0 Å². The zero-order chi connectivity index (χ0) is 14.5. The van der Waals surface area contributed by atoms with Crippen LogP contribution in [0.15, 0.2) is 42.5 Å². The maximum absolute atomic E-state index is 13.3. The first-order chi connectivity index (χ1) is 9.56. The fraction of sp³-hybridized carbons (Fsp3) is 0.200. The molecule has 0 aliphatic carbocycles. The van der Waals surface area contributed by atoms with Gasteiger partial charge in [0.2, 0.25) is 0 Å². The molecule has 20 heavy (non-hydrogen) atoms. The summed E-state index contributed by atoms with van der Waals surface area (Å²) < 4.78 is 51.0. The van der Waals surface area contributed by atoms with Crippen LogP contribution in [0.2, 0.25) is 0 Å². The van der Waals surface area contributed by atoms with Gasteiger partial charge in [-0.2, -0.15) is 0 Å².